The first-order valence-corrected chi connectivity index (χ1v) is 4.58. The molecule has 0 unspecified atom stereocenters. The molecule has 0 N–H and O–H groups in total. The Balaban J connectivity index is 2.78. The highest BCUT2D eigenvalue weighted by Crippen LogP contribution is 2.38. The number of rotatable bonds is 2. The zero-order valence-corrected chi connectivity index (χ0v) is 7.73. The van der Waals surface area contributed by atoms with E-state index < -0.39 is 0 Å². The maximum Gasteiger partial charge on any atom is 0.210 e. The van der Waals surface area contributed by atoms with Crippen molar-refractivity contribution in [3.63, 3.8) is 0 Å². The van der Waals surface area contributed by atoms with Gasteiger partial charge in [0.1, 0.15) is 0 Å². The molecule has 0 radical (unpaired) electrons. The third kappa shape index (κ3) is 1.43. The summed E-state index contributed by atoms with van der Waals surface area (Å²) in [6.07, 6.45) is 2.74. The molecule has 1 amide bonds. The van der Waals surface area contributed by atoms with Gasteiger partial charge < -0.3 is 4.90 Å². The molecule has 0 spiro atoms. The Morgan fingerprint density at radius 3 is 2.73 bits per heavy atom. The largest absolute Gasteiger partial charge is 0.328 e. The molecule has 0 bridgehead atoms. The van der Waals surface area contributed by atoms with Crippen molar-refractivity contribution in [3.8, 4) is 0 Å². The maximum atomic E-state index is 10.5. The molecule has 3 heteroatoms. The van der Waals surface area contributed by atoms with Crippen molar-refractivity contribution < 1.29 is 4.79 Å². The van der Waals surface area contributed by atoms with E-state index in [1.165, 1.54) is 0 Å². The molecule has 1 rings (SSSR count). The molecular weight excluding hydrogens is 158 g/mol. The van der Waals surface area contributed by atoms with E-state index in [0.717, 1.165) is 12.3 Å². The Morgan fingerprint density at radius 2 is 2.36 bits per heavy atom. The summed E-state index contributed by atoms with van der Waals surface area (Å²) in [6.45, 7) is 7.99. The summed E-state index contributed by atoms with van der Waals surface area (Å²) in [5.74, 6) is 0.785. The van der Waals surface area contributed by atoms with Gasteiger partial charge in [0.05, 0.1) is 11.9 Å². The van der Waals surface area contributed by atoms with Gasteiger partial charge in [-0.15, -0.1) is 18.3 Å². The molecular formula is C8H13NOS. The highest BCUT2D eigenvalue weighted by Gasteiger charge is 2.38. The van der Waals surface area contributed by atoms with E-state index in [-0.39, 0.29) is 10.8 Å². The predicted molar refractivity (Wildman–Crippen MR) is 48.4 cm³/mol. The smallest absolute Gasteiger partial charge is 0.210 e. The van der Waals surface area contributed by atoms with Gasteiger partial charge in [-0.2, -0.15) is 0 Å². The van der Waals surface area contributed by atoms with Crippen molar-refractivity contribution in [1.82, 2.24) is 4.90 Å². The molecule has 2 nitrogen and oxygen atoms in total. The SMILES string of the molecule is C=C[C@H]1N(C=O)CSC1(C)C. The van der Waals surface area contributed by atoms with Crippen LogP contribution < -0.4 is 0 Å². The van der Waals surface area contributed by atoms with Crippen LogP contribution in [0, 0.1) is 0 Å². The van der Waals surface area contributed by atoms with E-state index in [1.54, 1.807) is 16.7 Å². The molecule has 0 saturated carbocycles. The number of hydrogen-bond acceptors (Lipinski definition) is 2. The summed E-state index contributed by atoms with van der Waals surface area (Å²) in [7, 11) is 0. The van der Waals surface area contributed by atoms with Gasteiger partial charge in [0.25, 0.3) is 0 Å². The molecule has 1 heterocycles. The first kappa shape index (κ1) is 8.65. The monoisotopic (exact) mass is 171 g/mol. The lowest BCUT2D eigenvalue weighted by Gasteiger charge is -2.25. The fourth-order valence-electron chi connectivity index (χ4n) is 1.32. The second kappa shape index (κ2) is 2.89. The summed E-state index contributed by atoms with van der Waals surface area (Å²) >= 11 is 1.79. The Bertz CT molecular complexity index is 179. The molecule has 0 aromatic heterocycles. The van der Waals surface area contributed by atoms with Crippen molar-refractivity contribution in [2.24, 2.45) is 0 Å². The molecule has 1 fully saturated rings. The molecule has 1 aliphatic heterocycles. The first-order valence-electron chi connectivity index (χ1n) is 3.59. The third-order valence-electron chi connectivity index (χ3n) is 2.01. The van der Waals surface area contributed by atoms with Crippen molar-refractivity contribution in [2.45, 2.75) is 24.6 Å². The summed E-state index contributed by atoms with van der Waals surface area (Å²) in [6, 6.07) is 0.185. The molecule has 62 valence electrons. The van der Waals surface area contributed by atoms with Gasteiger partial charge in [-0.05, 0) is 13.8 Å². The van der Waals surface area contributed by atoms with E-state index in [2.05, 4.69) is 20.4 Å². The minimum absolute atomic E-state index is 0.128. The molecule has 0 aliphatic carbocycles. The predicted octanol–water partition coefficient (Wildman–Crippen LogP) is 1.48. The van der Waals surface area contributed by atoms with Crippen LogP contribution in [0.4, 0.5) is 0 Å². The quantitative estimate of drug-likeness (QED) is 0.463. The fraction of sp³-hybridized carbons (Fsp3) is 0.625. The average molecular weight is 171 g/mol. The van der Waals surface area contributed by atoms with E-state index in [1.807, 2.05) is 6.08 Å². The molecule has 1 atom stereocenters. The Morgan fingerprint density at radius 1 is 1.73 bits per heavy atom. The third-order valence-corrected chi connectivity index (χ3v) is 3.43. The Labute approximate surface area is 71.6 Å². The van der Waals surface area contributed by atoms with Crippen LogP contribution in [0.1, 0.15) is 13.8 Å². The molecule has 1 saturated heterocycles. The van der Waals surface area contributed by atoms with Crippen LogP contribution in [0.25, 0.3) is 0 Å². The van der Waals surface area contributed by atoms with Crippen LogP contribution in [-0.2, 0) is 4.79 Å². The van der Waals surface area contributed by atoms with Gasteiger partial charge in [-0.25, -0.2) is 0 Å². The van der Waals surface area contributed by atoms with E-state index in [4.69, 9.17) is 0 Å². The standard InChI is InChI=1S/C8H13NOS/c1-4-7-8(2,3)11-6-9(7)5-10/h4-5,7H,1,6H2,2-3H3/t7-/m1/s1. The number of hydrogen-bond donors (Lipinski definition) is 0. The van der Waals surface area contributed by atoms with Gasteiger partial charge in [0.15, 0.2) is 0 Å². The van der Waals surface area contributed by atoms with Crippen LogP contribution in [0.15, 0.2) is 12.7 Å². The minimum Gasteiger partial charge on any atom is -0.328 e. The average Bonchev–Trinajstić information content (AvgIpc) is 2.24. The zero-order valence-electron chi connectivity index (χ0n) is 6.91. The van der Waals surface area contributed by atoms with Crippen molar-refractivity contribution in [2.75, 3.05) is 5.88 Å². The topological polar surface area (TPSA) is 20.3 Å². The van der Waals surface area contributed by atoms with E-state index in [9.17, 15) is 4.79 Å². The van der Waals surface area contributed by atoms with Gasteiger partial charge in [0, 0.05) is 4.75 Å². The number of nitrogens with zero attached hydrogens (tertiary/aromatic N) is 1. The van der Waals surface area contributed by atoms with Crippen molar-refractivity contribution >= 4 is 18.2 Å². The lowest BCUT2D eigenvalue weighted by molar-refractivity contribution is -0.118. The van der Waals surface area contributed by atoms with Crippen LogP contribution in [0.5, 0.6) is 0 Å². The number of carbonyl (C=O) groups is 1. The molecule has 0 aromatic rings. The number of amides is 1. The highest BCUT2D eigenvalue weighted by atomic mass is 32.2. The summed E-state index contributed by atoms with van der Waals surface area (Å²) in [5.41, 5.74) is 0. The Kier molecular flexibility index (Phi) is 2.28. The van der Waals surface area contributed by atoms with E-state index >= 15 is 0 Å². The van der Waals surface area contributed by atoms with Crippen molar-refractivity contribution in [1.29, 1.82) is 0 Å². The fourth-order valence-corrected chi connectivity index (χ4v) is 2.43. The molecule has 1 aliphatic rings. The number of thioether (sulfide) groups is 1. The van der Waals surface area contributed by atoms with Crippen LogP contribution in [-0.4, -0.2) is 28.0 Å². The maximum absolute atomic E-state index is 10.5. The normalized spacial score (nSPS) is 28.5. The van der Waals surface area contributed by atoms with Gasteiger partial charge in [-0.1, -0.05) is 6.08 Å². The minimum atomic E-state index is 0.128. The van der Waals surface area contributed by atoms with Crippen LogP contribution in [0.2, 0.25) is 0 Å². The molecule has 11 heavy (non-hydrogen) atoms. The van der Waals surface area contributed by atoms with Gasteiger partial charge in [0.2, 0.25) is 6.41 Å². The summed E-state index contributed by atoms with van der Waals surface area (Å²) in [4.78, 5) is 12.3. The Hall–Kier alpha value is -0.440. The summed E-state index contributed by atoms with van der Waals surface area (Å²) < 4.78 is 0.128. The lowest BCUT2D eigenvalue weighted by Crippen LogP contribution is -2.37. The second-order valence-corrected chi connectivity index (χ2v) is 4.78. The lowest BCUT2D eigenvalue weighted by atomic mass is 10.0. The molecule has 0 aromatic carbocycles. The van der Waals surface area contributed by atoms with Crippen LogP contribution in [0.3, 0.4) is 0 Å². The van der Waals surface area contributed by atoms with Crippen LogP contribution >= 0.6 is 11.8 Å². The highest BCUT2D eigenvalue weighted by molar-refractivity contribution is 8.00. The van der Waals surface area contributed by atoms with Gasteiger partial charge in [-0.3, -0.25) is 4.79 Å². The van der Waals surface area contributed by atoms with Gasteiger partial charge >= 0.3 is 0 Å². The first-order chi connectivity index (χ1) is 5.11. The summed E-state index contributed by atoms with van der Waals surface area (Å²) in [5, 5.41) is 0. The van der Waals surface area contributed by atoms with E-state index in [0.29, 0.717) is 0 Å². The van der Waals surface area contributed by atoms with Crippen molar-refractivity contribution in [3.05, 3.63) is 12.7 Å². The second-order valence-electron chi connectivity index (χ2n) is 3.18. The number of carbonyl (C=O) groups excluding carboxylic acids is 1. The zero-order chi connectivity index (χ0) is 8.48.